The molecule has 0 bridgehead atoms. The predicted octanol–water partition coefficient (Wildman–Crippen LogP) is 2.18. The normalized spacial score (nSPS) is 18.8. The van der Waals surface area contributed by atoms with Crippen LogP contribution in [0.5, 0.6) is 11.5 Å². The van der Waals surface area contributed by atoms with Gasteiger partial charge < -0.3 is 25.0 Å². The number of anilines is 1. The Morgan fingerprint density at radius 3 is 2.83 bits per heavy atom. The molecule has 0 spiro atoms. The van der Waals surface area contributed by atoms with Crippen molar-refractivity contribution < 1.29 is 9.47 Å². The number of nitrogens with one attached hydrogen (secondary N) is 2. The molecule has 1 aliphatic heterocycles. The molecule has 2 rings (SSSR count). The maximum atomic E-state index is 5.61. The standard InChI is InChI=1S/C17H28N4O2/c1-5-23-16-11-13(8-9-15(16)22-4)20-17(18-2)19-12-14-7-6-10-21(14)3/h8-9,11,14H,5-7,10,12H2,1-4H3,(H2,18,19,20). The van der Waals surface area contributed by atoms with Crippen molar-refractivity contribution in [2.75, 3.05) is 46.2 Å². The Labute approximate surface area is 138 Å². The lowest BCUT2D eigenvalue weighted by Gasteiger charge is -2.21. The second-order valence-corrected chi connectivity index (χ2v) is 5.65. The molecule has 0 amide bonds. The van der Waals surface area contributed by atoms with E-state index >= 15 is 0 Å². The van der Waals surface area contributed by atoms with Gasteiger partial charge in [-0.25, -0.2) is 0 Å². The smallest absolute Gasteiger partial charge is 0.195 e. The van der Waals surface area contributed by atoms with E-state index in [1.807, 2.05) is 25.1 Å². The Hall–Kier alpha value is -1.95. The average Bonchev–Trinajstić information content (AvgIpc) is 2.97. The van der Waals surface area contributed by atoms with Crippen LogP contribution < -0.4 is 20.1 Å². The summed E-state index contributed by atoms with van der Waals surface area (Å²) in [6.07, 6.45) is 2.50. The first-order valence-corrected chi connectivity index (χ1v) is 8.16. The largest absolute Gasteiger partial charge is 0.493 e. The highest BCUT2D eigenvalue weighted by molar-refractivity contribution is 5.93. The first kappa shape index (κ1) is 17.4. The molecule has 1 fully saturated rings. The van der Waals surface area contributed by atoms with Crippen molar-refractivity contribution in [3.05, 3.63) is 18.2 Å². The summed E-state index contributed by atoms with van der Waals surface area (Å²) in [5.41, 5.74) is 0.919. The van der Waals surface area contributed by atoms with Crippen LogP contribution in [0.25, 0.3) is 0 Å². The molecule has 0 aromatic heterocycles. The van der Waals surface area contributed by atoms with Gasteiger partial charge in [0.2, 0.25) is 0 Å². The van der Waals surface area contributed by atoms with E-state index in [1.165, 1.54) is 19.4 Å². The molecule has 1 aliphatic rings. The van der Waals surface area contributed by atoms with Crippen molar-refractivity contribution >= 4 is 11.6 Å². The minimum Gasteiger partial charge on any atom is -0.493 e. The number of guanidine groups is 1. The summed E-state index contributed by atoms with van der Waals surface area (Å²) in [6.45, 7) is 4.62. The maximum absolute atomic E-state index is 5.61. The van der Waals surface area contributed by atoms with E-state index in [2.05, 4.69) is 27.6 Å². The first-order chi connectivity index (χ1) is 11.2. The van der Waals surface area contributed by atoms with Gasteiger partial charge in [0.15, 0.2) is 17.5 Å². The van der Waals surface area contributed by atoms with Crippen LogP contribution in [0.3, 0.4) is 0 Å². The van der Waals surface area contributed by atoms with Gasteiger partial charge in [0.1, 0.15) is 0 Å². The first-order valence-electron chi connectivity index (χ1n) is 8.16. The zero-order valence-electron chi connectivity index (χ0n) is 14.6. The van der Waals surface area contributed by atoms with Gasteiger partial charge in [-0.15, -0.1) is 0 Å². The molecule has 1 atom stereocenters. The van der Waals surface area contributed by atoms with Gasteiger partial charge in [-0.2, -0.15) is 0 Å². The third-order valence-electron chi connectivity index (χ3n) is 4.13. The van der Waals surface area contributed by atoms with Crippen molar-refractivity contribution in [2.45, 2.75) is 25.8 Å². The molecule has 1 heterocycles. The third kappa shape index (κ3) is 4.76. The Bertz CT molecular complexity index is 533. The van der Waals surface area contributed by atoms with E-state index in [4.69, 9.17) is 9.47 Å². The third-order valence-corrected chi connectivity index (χ3v) is 4.13. The molecule has 23 heavy (non-hydrogen) atoms. The summed E-state index contributed by atoms with van der Waals surface area (Å²) in [5.74, 6) is 2.22. The van der Waals surface area contributed by atoms with Gasteiger partial charge in [-0.05, 0) is 45.5 Å². The zero-order chi connectivity index (χ0) is 16.7. The van der Waals surface area contributed by atoms with Gasteiger partial charge in [-0.3, -0.25) is 4.99 Å². The van der Waals surface area contributed by atoms with Crippen LogP contribution in [-0.2, 0) is 0 Å². The van der Waals surface area contributed by atoms with Gasteiger partial charge in [0, 0.05) is 31.4 Å². The lowest BCUT2D eigenvalue weighted by molar-refractivity contribution is 0.310. The van der Waals surface area contributed by atoms with Crippen molar-refractivity contribution in [3.63, 3.8) is 0 Å². The predicted molar refractivity (Wildman–Crippen MR) is 94.8 cm³/mol. The number of nitrogens with zero attached hydrogens (tertiary/aromatic N) is 2. The molecule has 2 N–H and O–H groups in total. The number of likely N-dealkylation sites (tertiary alicyclic amines) is 1. The van der Waals surface area contributed by atoms with Crippen LogP contribution in [-0.4, -0.2) is 57.8 Å². The highest BCUT2D eigenvalue weighted by Gasteiger charge is 2.20. The molecule has 128 valence electrons. The highest BCUT2D eigenvalue weighted by Crippen LogP contribution is 2.30. The van der Waals surface area contributed by atoms with Crippen LogP contribution in [0.4, 0.5) is 5.69 Å². The number of likely N-dealkylation sites (N-methyl/N-ethyl adjacent to an activating group) is 1. The summed E-state index contributed by atoms with van der Waals surface area (Å²) in [6, 6.07) is 6.35. The van der Waals surface area contributed by atoms with Gasteiger partial charge >= 0.3 is 0 Å². The van der Waals surface area contributed by atoms with Crippen LogP contribution in [0, 0.1) is 0 Å². The van der Waals surface area contributed by atoms with E-state index in [0.717, 1.165) is 29.7 Å². The van der Waals surface area contributed by atoms with Crippen molar-refractivity contribution in [2.24, 2.45) is 4.99 Å². The minimum absolute atomic E-state index is 0.573. The van der Waals surface area contributed by atoms with Gasteiger partial charge in [0.05, 0.1) is 13.7 Å². The molecule has 1 aromatic carbocycles. The second kappa shape index (κ2) is 8.62. The fourth-order valence-electron chi connectivity index (χ4n) is 2.79. The Morgan fingerprint density at radius 1 is 1.39 bits per heavy atom. The number of aliphatic imine (C=N–C) groups is 1. The number of methoxy groups -OCH3 is 1. The number of ether oxygens (including phenoxy) is 2. The quantitative estimate of drug-likeness (QED) is 0.621. The average molecular weight is 320 g/mol. The van der Waals surface area contributed by atoms with Crippen LogP contribution >= 0.6 is 0 Å². The number of rotatable bonds is 6. The summed E-state index contributed by atoms with van der Waals surface area (Å²) in [5, 5.41) is 6.70. The van der Waals surface area contributed by atoms with E-state index in [0.29, 0.717) is 12.6 Å². The number of benzene rings is 1. The topological polar surface area (TPSA) is 58.1 Å². The van der Waals surface area contributed by atoms with Crippen LogP contribution in [0.2, 0.25) is 0 Å². The molecule has 6 heteroatoms. The van der Waals surface area contributed by atoms with E-state index in [1.54, 1.807) is 14.2 Å². The molecule has 6 nitrogen and oxygen atoms in total. The monoisotopic (exact) mass is 320 g/mol. The van der Waals surface area contributed by atoms with E-state index in [9.17, 15) is 0 Å². The Kier molecular flexibility index (Phi) is 6.52. The summed E-state index contributed by atoms with van der Waals surface area (Å²) < 4.78 is 10.9. The fourth-order valence-corrected chi connectivity index (χ4v) is 2.79. The molecule has 0 aliphatic carbocycles. The fraction of sp³-hybridized carbons (Fsp3) is 0.588. The van der Waals surface area contributed by atoms with E-state index in [-0.39, 0.29) is 0 Å². The highest BCUT2D eigenvalue weighted by atomic mass is 16.5. The lowest BCUT2D eigenvalue weighted by atomic mass is 10.2. The van der Waals surface area contributed by atoms with E-state index < -0.39 is 0 Å². The Balaban J connectivity index is 1.96. The summed E-state index contributed by atoms with van der Waals surface area (Å²) >= 11 is 0. The molecule has 1 saturated heterocycles. The Morgan fingerprint density at radius 2 is 2.22 bits per heavy atom. The molecule has 0 saturated carbocycles. The van der Waals surface area contributed by atoms with Gasteiger partial charge in [-0.1, -0.05) is 0 Å². The van der Waals surface area contributed by atoms with Crippen molar-refractivity contribution in [3.8, 4) is 11.5 Å². The molecule has 0 radical (unpaired) electrons. The lowest BCUT2D eigenvalue weighted by Crippen LogP contribution is -2.40. The van der Waals surface area contributed by atoms with Crippen molar-refractivity contribution in [1.29, 1.82) is 0 Å². The summed E-state index contributed by atoms with van der Waals surface area (Å²) in [7, 11) is 5.59. The number of hydrogen-bond acceptors (Lipinski definition) is 4. The van der Waals surface area contributed by atoms with Crippen LogP contribution in [0.15, 0.2) is 23.2 Å². The molecular weight excluding hydrogens is 292 g/mol. The van der Waals surface area contributed by atoms with Gasteiger partial charge in [0.25, 0.3) is 0 Å². The number of hydrogen-bond donors (Lipinski definition) is 2. The maximum Gasteiger partial charge on any atom is 0.195 e. The zero-order valence-corrected chi connectivity index (χ0v) is 14.6. The molecule has 1 unspecified atom stereocenters. The SMILES string of the molecule is CCOc1cc(NC(=NC)NCC2CCCN2C)ccc1OC. The summed E-state index contributed by atoms with van der Waals surface area (Å²) in [4.78, 5) is 6.68. The van der Waals surface area contributed by atoms with Crippen molar-refractivity contribution in [1.82, 2.24) is 10.2 Å². The second-order valence-electron chi connectivity index (χ2n) is 5.65. The molecule has 1 aromatic rings. The molecular formula is C17H28N4O2. The minimum atomic E-state index is 0.573. The van der Waals surface area contributed by atoms with Crippen LogP contribution in [0.1, 0.15) is 19.8 Å².